The molecule has 8 nitrogen and oxygen atoms in total. The molecule has 0 spiro atoms. The monoisotopic (exact) mass is 490 g/mol. The Morgan fingerprint density at radius 1 is 0.528 bits per heavy atom. The molecule has 3 aromatic rings. The highest BCUT2D eigenvalue weighted by Gasteiger charge is 2.27. The molecule has 0 aromatic heterocycles. The van der Waals surface area contributed by atoms with Gasteiger partial charge in [0.05, 0.1) is 22.7 Å². The van der Waals surface area contributed by atoms with Crippen molar-refractivity contribution >= 4 is 46.3 Å². The van der Waals surface area contributed by atoms with E-state index in [9.17, 15) is 9.59 Å². The van der Waals surface area contributed by atoms with Gasteiger partial charge in [0.15, 0.2) is 0 Å². The highest BCUT2D eigenvalue weighted by molar-refractivity contribution is 5.99. The Hall–Kier alpha value is -4.20. The Labute approximate surface area is 212 Å². The van der Waals surface area contributed by atoms with Crippen LogP contribution in [0, 0.1) is 0 Å². The van der Waals surface area contributed by atoms with E-state index in [1.165, 1.54) is 9.80 Å². The highest BCUT2D eigenvalue weighted by Crippen LogP contribution is 2.33. The van der Waals surface area contributed by atoms with Gasteiger partial charge in [-0.15, -0.1) is 0 Å². The molecule has 0 atom stereocenters. The second kappa shape index (κ2) is 10.2. The molecule has 36 heavy (non-hydrogen) atoms. The van der Waals surface area contributed by atoms with Crippen molar-refractivity contribution in [1.29, 1.82) is 0 Å². The van der Waals surface area contributed by atoms with Gasteiger partial charge in [-0.3, -0.25) is 0 Å². The van der Waals surface area contributed by atoms with E-state index in [1.807, 2.05) is 0 Å². The van der Waals surface area contributed by atoms with E-state index in [-0.39, 0.29) is 0 Å². The predicted octanol–water partition coefficient (Wildman–Crippen LogP) is 7.00. The number of anilines is 6. The second-order valence-corrected chi connectivity index (χ2v) is 10.3. The second-order valence-electron chi connectivity index (χ2n) is 10.3. The number of nitrogens with two attached hydrogens (primary N) is 2. The summed E-state index contributed by atoms with van der Waals surface area (Å²) in [5.41, 5.74) is 13.8. The van der Waals surface area contributed by atoms with Gasteiger partial charge in [-0.2, -0.15) is 0 Å². The van der Waals surface area contributed by atoms with Crippen LogP contribution >= 0.6 is 0 Å². The van der Waals surface area contributed by atoms with Crippen molar-refractivity contribution in [2.75, 3.05) is 21.3 Å². The summed E-state index contributed by atoms with van der Waals surface area (Å²) < 4.78 is 11.3. The molecule has 0 saturated heterocycles. The maximum atomic E-state index is 13.2. The summed E-state index contributed by atoms with van der Waals surface area (Å²) in [5.74, 6) is 0. The summed E-state index contributed by atoms with van der Waals surface area (Å²) >= 11 is 0. The third kappa shape index (κ3) is 6.91. The molecular weight excluding hydrogens is 456 g/mol. The molecule has 0 bridgehead atoms. The van der Waals surface area contributed by atoms with Crippen molar-refractivity contribution in [3.8, 4) is 0 Å². The molecule has 0 aliphatic carbocycles. The first kappa shape index (κ1) is 26.4. The minimum Gasteiger partial charge on any atom is -0.443 e. The number of nitrogen functional groups attached to an aromatic ring is 2. The number of rotatable bonds is 4. The lowest BCUT2D eigenvalue weighted by Crippen LogP contribution is -2.34. The minimum absolute atomic E-state index is 0.539. The molecule has 0 aliphatic rings. The SMILES string of the molecule is CC(C)(C)OC(=O)N(c1ccc(N)cc1)c1ccc(N(C(=O)OC(C)(C)C)c2ccc(N)cc2)cc1. The van der Waals surface area contributed by atoms with Crippen molar-refractivity contribution in [2.45, 2.75) is 52.7 Å². The van der Waals surface area contributed by atoms with E-state index in [0.29, 0.717) is 34.1 Å². The molecule has 3 aromatic carbocycles. The van der Waals surface area contributed by atoms with E-state index < -0.39 is 23.4 Å². The van der Waals surface area contributed by atoms with Crippen molar-refractivity contribution in [1.82, 2.24) is 0 Å². The quantitative estimate of drug-likeness (QED) is 0.381. The Bertz CT molecular complexity index is 1100. The van der Waals surface area contributed by atoms with Gasteiger partial charge < -0.3 is 20.9 Å². The van der Waals surface area contributed by atoms with Gasteiger partial charge >= 0.3 is 12.2 Å². The topological polar surface area (TPSA) is 111 Å². The van der Waals surface area contributed by atoms with Crippen LogP contribution < -0.4 is 21.3 Å². The number of ether oxygens (including phenoxy) is 2. The van der Waals surface area contributed by atoms with Crippen molar-refractivity contribution in [2.24, 2.45) is 0 Å². The molecule has 4 N–H and O–H groups in total. The lowest BCUT2D eigenvalue weighted by molar-refractivity contribution is 0.0587. The Balaban J connectivity index is 2.03. The first-order valence-electron chi connectivity index (χ1n) is 11.6. The zero-order valence-corrected chi connectivity index (χ0v) is 21.6. The molecule has 0 fully saturated rings. The fourth-order valence-electron chi connectivity index (χ4n) is 3.33. The minimum atomic E-state index is -0.689. The molecule has 0 radical (unpaired) electrons. The van der Waals surface area contributed by atoms with Gasteiger partial charge in [0.25, 0.3) is 0 Å². The molecular formula is C28H34N4O4. The molecule has 8 heteroatoms. The van der Waals surface area contributed by atoms with Crippen LogP contribution in [0.25, 0.3) is 0 Å². The van der Waals surface area contributed by atoms with Crippen LogP contribution in [0.1, 0.15) is 41.5 Å². The van der Waals surface area contributed by atoms with Gasteiger partial charge in [-0.25, -0.2) is 19.4 Å². The van der Waals surface area contributed by atoms with Crippen LogP contribution in [0.3, 0.4) is 0 Å². The summed E-state index contributed by atoms with van der Waals surface area (Å²) in [6.45, 7) is 10.8. The van der Waals surface area contributed by atoms with E-state index >= 15 is 0 Å². The molecule has 0 aliphatic heterocycles. The van der Waals surface area contributed by atoms with Crippen LogP contribution in [-0.4, -0.2) is 23.4 Å². The smallest absolute Gasteiger partial charge is 0.419 e. The lowest BCUT2D eigenvalue weighted by atomic mass is 10.2. The molecule has 190 valence electrons. The maximum absolute atomic E-state index is 13.2. The van der Waals surface area contributed by atoms with Crippen molar-refractivity contribution < 1.29 is 19.1 Å². The van der Waals surface area contributed by atoms with Gasteiger partial charge in [-0.1, -0.05) is 0 Å². The molecule has 0 saturated carbocycles. The number of benzene rings is 3. The fraction of sp³-hybridized carbons (Fsp3) is 0.286. The number of carbonyl (C=O) groups excluding carboxylic acids is 2. The number of nitrogens with zero attached hydrogens (tertiary/aromatic N) is 2. The van der Waals surface area contributed by atoms with E-state index in [0.717, 1.165) is 0 Å². The first-order chi connectivity index (χ1) is 16.7. The summed E-state index contributed by atoms with van der Waals surface area (Å²) in [6, 6.07) is 20.8. The van der Waals surface area contributed by atoms with E-state index in [1.54, 1.807) is 114 Å². The largest absolute Gasteiger partial charge is 0.443 e. The number of hydrogen-bond acceptors (Lipinski definition) is 6. The van der Waals surface area contributed by atoms with Crippen LogP contribution in [0.4, 0.5) is 43.7 Å². The molecule has 0 unspecified atom stereocenters. The summed E-state index contributed by atoms with van der Waals surface area (Å²) in [4.78, 5) is 29.2. The number of amides is 2. The standard InChI is InChI=1S/C28H34N4O4/c1-27(2,3)35-25(33)31(21-11-7-19(29)8-12-21)23-15-17-24(18-16-23)32(26(34)36-28(4,5)6)22-13-9-20(30)10-14-22/h7-18H,29-30H2,1-6H3. The third-order valence-electron chi connectivity index (χ3n) is 4.82. The van der Waals surface area contributed by atoms with Crippen LogP contribution in [0.5, 0.6) is 0 Å². The van der Waals surface area contributed by atoms with Crippen molar-refractivity contribution in [3.05, 3.63) is 72.8 Å². The summed E-state index contributed by atoms with van der Waals surface area (Å²) in [5, 5.41) is 0. The normalized spacial score (nSPS) is 11.5. The van der Waals surface area contributed by atoms with Crippen LogP contribution in [0.2, 0.25) is 0 Å². The van der Waals surface area contributed by atoms with Gasteiger partial charge in [-0.05, 0) is 114 Å². The van der Waals surface area contributed by atoms with Crippen LogP contribution in [-0.2, 0) is 9.47 Å². The average molecular weight is 491 g/mol. The van der Waals surface area contributed by atoms with Gasteiger partial charge in [0.2, 0.25) is 0 Å². The Morgan fingerprint density at radius 2 is 0.750 bits per heavy atom. The number of carbonyl (C=O) groups is 2. The summed E-state index contributed by atoms with van der Waals surface area (Å²) in [6.07, 6.45) is -1.08. The Morgan fingerprint density at radius 3 is 0.972 bits per heavy atom. The molecule has 0 heterocycles. The molecule has 2 amide bonds. The zero-order chi connectivity index (χ0) is 26.7. The zero-order valence-electron chi connectivity index (χ0n) is 21.6. The van der Waals surface area contributed by atoms with Gasteiger partial charge in [0, 0.05) is 11.4 Å². The lowest BCUT2D eigenvalue weighted by Gasteiger charge is -2.29. The first-order valence-corrected chi connectivity index (χ1v) is 11.6. The Kier molecular flexibility index (Phi) is 7.48. The fourth-order valence-corrected chi connectivity index (χ4v) is 3.33. The summed E-state index contributed by atoms with van der Waals surface area (Å²) in [7, 11) is 0. The van der Waals surface area contributed by atoms with Gasteiger partial charge in [0.1, 0.15) is 11.2 Å². The average Bonchev–Trinajstić information content (AvgIpc) is 2.75. The molecule has 3 rings (SSSR count). The highest BCUT2D eigenvalue weighted by atomic mass is 16.6. The maximum Gasteiger partial charge on any atom is 0.419 e. The van der Waals surface area contributed by atoms with Crippen LogP contribution in [0.15, 0.2) is 72.8 Å². The van der Waals surface area contributed by atoms with Crippen molar-refractivity contribution in [3.63, 3.8) is 0 Å². The predicted molar refractivity (Wildman–Crippen MR) is 145 cm³/mol. The number of hydrogen-bond donors (Lipinski definition) is 2. The third-order valence-corrected chi connectivity index (χ3v) is 4.82. The van der Waals surface area contributed by atoms with E-state index in [2.05, 4.69) is 0 Å². The van der Waals surface area contributed by atoms with E-state index in [4.69, 9.17) is 20.9 Å².